The number of hydrogen-bond acceptors (Lipinski definition) is 3. The summed E-state index contributed by atoms with van der Waals surface area (Å²) in [4.78, 5) is 13.9. The Bertz CT molecular complexity index is 188. The second-order valence-electron chi connectivity index (χ2n) is 3.71. The van der Waals surface area contributed by atoms with E-state index in [1.165, 1.54) is 0 Å². The molecule has 1 amide bonds. The lowest BCUT2D eigenvalue weighted by molar-refractivity contribution is -0.128. The van der Waals surface area contributed by atoms with Gasteiger partial charge in [0, 0.05) is 20.1 Å². The van der Waals surface area contributed by atoms with Gasteiger partial charge in [-0.3, -0.25) is 4.79 Å². The van der Waals surface area contributed by atoms with Crippen molar-refractivity contribution in [2.45, 2.75) is 59.9 Å². The van der Waals surface area contributed by atoms with E-state index in [2.05, 4.69) is 22.6 Å². The lowest BCUT2D eigenvalue weighted by Gasteiger charge is -2.38. The van der Waals surface area contributed by atoms with Crippen LogP contribution in [-0.2, 0) is 4.79 Å². The highest BCUT2D eigenvalue weighted by atomic mass is 16.2. The van der Waals surface area contributed by atoms with E-state index < -0.39 is 0 Å². The number of piperidine rings is 1. The average molecular weight is 275 g/mol. The zero-order valence-electron chi connectivity index (χ0n) is 14.7. The van der Waals surface area contributed by atoms with E-state index in [0.29, 0.717) is 0 Å². The lowest BCUT2D eigenvalue weighted by atomic mass is 9.87. The van der Waals surface area contributed by atoms with Crippen molar-refractivity contribution in [3.8, 4) is 0 Å². The highest BCUT2D eigenvalue weighted by Crippen LogP contribution is 2.20. The van der Waals surface area contributed by atoms with Gasteiger partial charge in [-0.1, -0.05) is 41.5 Å². The number of rotatable bonds is 2. The Morgan fingerprint density at radius 3 is 1.58 bits per heavy atom. The zero-order valence-corrected chi connectivity index (χ0v) is 14.7. The number of carbonyl (C=O) groups excluding carboxylic acids is 1. The zero-order chi connectivity index (χ0) is 15.9. The summed E-state index contributed by atoms with van der Waals surface area (Å²) in [7, 11) is 5.64. The summed E-state index contributed by atoms with van der Waals surface area (Å²) < 4.78 is 0. The van der Waals surface area contributed by atoms with Gasteiger partial charge in [0.2, 0.25) is 5.91 Å². The maximum atomic E-state index is 11.6. The molecule has 0 radical (unpaired) electrons. The Morgan fingerprint density at radius 1 is 0.947 bits per heavy atom. The molecule has 0 aromatic heterocycles. The summed E-state index contributed by atoms with van der Waals surface area (Å²) >= 11 is 0. The quantitative estimate of drug-likeness (QED) is 0.814. The summed E-state index contributed by atoms with van der Waals surface area (Å²) in [5.74, 6) is 0.114. The van der Waals surface area contributed by atoms with Gasteiger partial charge in [-0.2, -0.15) is 0 Å². The first-order chi connectivity index (χ1) is 9.14. The van der Waals surface area contributed by atoms with Gasteiger partial charge in [-0.25, -0.2) is 0 Å². The van der Waals surface area contributed by atoms with Gasteiger partial charge < -0.3 is 15.5 Å². The normalized spacial score (nSPS) is 16.5. The van der Waals surface area contributed by atoms with Gasteiger partial charge in [0.05, 0.1) is 5.54 Å². The summed E-state index contributed by atoms with van der Waals surface area (Å²) in [6.07, 6.45) is 1.78. The molecule has 0 bridgehead atoms. The summed E-state index contributed by atoms with van der Waals surface area (Å²) in [6.45, 7) is 14.0. The van der Waals surface area contributed by atoms with Crippen LogP contribution in [0.4, 0.5) is 0 Å². The minimum Gasteiger partial charge on any atom is -0.358 e. The van der Waals surface area contributed by atoms with Crippen molar-refractivity contribution < 1.29 is 4.79 Å². The highest BCUT2D eigenvalue weighted by molar-refractivity contribution is 5.86. The number of amides is 1. The van der Waals surface area contributed by atoms with Crippen LogP contribution in [0.1, 0.15) is 54.4 Å². The second kappa shape index (κ2) is 15.4. The predicted octanol–water partition coefficient (Wildman–Crippen LogP) is 2.49. The lowest BCUT2D eigenvalue weighted by Crippen LogP contribution is -2.59. The second-order valence-corrected chi connectivity index (χ2v) is 3.71. The number of likely N-dealkylation sites (N-methyl/N-ethyl adjacent to an activating group) is 2. The van der Waals surface area contributed by atoms with Crippen LogP contribution in [-0.4, -0.2) is 50.6 Å². The minimum absolute atomic E-state index is 0.114. The molecule has 1 saturated heterocycles. The van der Waals surface area contributed by atoms with Gasteiger partial charge in [0.25, 0.3) is 0 Å². The number of nitrogens with zero attached hydrogens (tertiary/aromatic N) is 1. The first kappa shape index (κ1) is 23.5. The minimum atomic E-state index is -0.332. The van der Waals surface area contributed by atoms with Crippen LogP contribution in [0.5, 0.6) is 0 Å². The first-order valence-corrected chi connectivity index (χ1v) is 7.74. The van der Waals surface area contributed by atoms with Crippen LogP contribution in [0.2, 0.25) is 0 Å². The fraction of sp³-hybridized carbons (Fsp3) is 0.933. The van der Waals surface area contributed by atoms with E-state index in [9.17, 15) is 4.79 Å². The number of likely N-dealkylation sites (tertiary alicyclic amines) is 1. The SMILES string of the molecule is CC.CC.CC.CNC(=O)C1(NC)CCN(C)CC1. The molecule has 118 valence electrons. The fourth-order valence-electron chi connectivity index (χ4n) is 1.83. The molecule has 0 unspecified atom stereocenters. The Labute approximate surface area is 121 Å². The number of carbonyl (C=O) groups is 1. The standard InChI is InChI=1S/C9H19N3O.3C2H6/c1-10-8(13)9(11-2)4-6-12(3)7-5-9;3*1-2/h11H,4-7H2,1-3H3,(H,10,13);3*1-2H3. The van der Waals surface area contributed by atoms with E-state index in [1.54, 1.807) is 7.05 Å². The Hall–Kier alpha value is -0.610. The molecule has 0 aliphatic carbocycles. The topological polar surface area (TPSA) is 44.4 Å². The van der Waals surface area contributed by atoms with Crippen molar-refractivity contribution in [1.29, 1.82) is 0 Å². The van der Waals surface area contributed by atoms with Crippen LogP contribution >= 0.6 is 0 Å². The third-order valence-electron chi connectivity index (χ3n) is 2.98. The van der Waals surface area contributed by atoms with Crippen molar-refractivity contribution in [2.75, 3.05) is 34.2 Å². The van der Waals surface area contributed by atoms with E-state index in [-0.39, 0.29) is 11.4 Å². The molecule has 1 fully saturated rings. The smallest absolute Gasteiger partial charge is 0.240 e. The molecule has 0 atom stereocenters. The van der Waals surface area contributed by atoms with E-state index in [1.807, 2.05) is 48.6 Å². The molecule has 1 heterocycles. The summed E-state index contributed by atoms with van der Waals surface area (Å²) in [6, 6.07) is 0. The molecule has 1 aliphatic rings. The van der Waals surface area contributed by atoms with Crippen LogP contribution < -0.4 is 10.6 Å². The van der Waals surface area contributed by atoms with E-state index in [4.69, 9.17) is 0 Å². The highest BCUT2D eigenvalue weighted by Gasteiger charge is 2.38. The summed E-state index contributed by atoms with van der Waals surface area (Å²) in [5, 5.41) is 5.87. The van der Waals surface area contributed by atoms with Gasteiger partial charge >= 0.3 is 0 Å². The van der Waals surface area contributed by atoms with Crippen molar-refractivity contribution in [3.63, 3.8) is 0 Å². The molecule has 19 heavy (non-hydrogen) atoms. The molecular weight excluding hydrogens is 238 g/mol. The number of nitrogens with one attached hydrogen (secondary N) is 2. The Kier molecular flexibility index (Phi) is 19.1. The van der Waals surface area contributed by atoms with Gasteiger partial charge in [-0.05, 0) is 26.9 Å². The molecule has 4 nitrogen and oxygen atoms in total. The van der Waals surface area contributed by atoms with Gasteiger partial charge in [-0.15, -0.1) is 0 Å². The molecular formula is C15H37N3O. The van der Waals surface area contributed by atoms with Crippen LogP contribution in [0.25, 0.3) is 0 Å². The molecule has 1 rings (SSSR count). The van der Waals surface area contributed by atoms with Gasteiger partial charge in [0.15, 0.2) is 0 Å². The third-order valence-corrected chi connectivity index (χ3v) is 2.98. The molecule has 4 heteroatoms. The van der Waals surface area contributed by atoms with E-state index >= 15 is 0 Å². The van der Waals surface area contributed by atoms with E-state index in [0.717, 1.165) is 25.9 Å². The molecule has 0 saturated carbocycles. The molecule has 2 N–H and O–H groups in total. The van der Waals surface area contributed by atoms with Crippen molar-refractivity contribution in [3.05, 3.63) is 0 Å². The van der Waals surface area contributed by atoms with Crippen molar-refractivity contribution in [2.24, 2.45) is 0 Å². The monoisotopic (exact) mass is 275 g/mol. The average Bonchev–Trinajstić information content (AvgIpc) is 2.53. The summed E-state index contributed by atoms with van der Waals surface area (Å²) in [5.41, 5.74) is -0.332. The Balaban J connectivity index is -0.000000375. The van der Waals surface area contributed by atoms with Crippen molar-refractivity contribution in [1.82, 2.24) is 15.5 Å². The van der Waals surface area contributed by atoms with Gasteiger partial charge in [0.1, 0.15) is 0 Å². The third kappa shape index (κ3) is 8.22. The fourth-order valence-corrected chi connectivity index (χ4v) is 1.83. The first-order valence-electron chi connectivity index (χ1n) is 7.74. The number of hydrogen-bond donors (Lipinski definition) is 2. The predicted molar refractivity (Wildman–Crippen MR) is 86.6 cm³/mol. The largest absolute Gasteiger partial charge is 0.358 e. The Morgan fingerprint density at radius 2 is 1.32 bits per heavy atom. The van der Waals surface area contributed by atoms with Crippen LogP contribution in [0.3, 0.4) is 0 Å². The molecule has 0 spiro atoms. The van der Waals surface area contributed by atoms with Crippen LogP contribution in [0.15, 0.2) is 0 Å². The molecule has 0 aromatic carbocycles. The molecule has 0 aromatic rings. The maximum absolute atomic E-state index is 11.6. The van der Waals surface area contributed by atoms with Crippen molar-refractivity contribution >= 4 is 5.91 Å². The molecule has 1 aliphatic heterocycles. The van der Waals surface area contributed by atoms with Crippen LogP contribution in [0, 0.1) is 0 Å². The maximum Gasteiger partial charge on any atom is 0.240 e.